The molecule has 1 aromatic carbocycles. The molecule has 6 nitrogen and oxygen atoms in total. The zero-order valence-electron chi connectivity index (χ0n) is 19.9. The van der Waals surface area contributed by atoms with Crippen LogP contribution in [-0.2, 0) is 20.8 Å². The largest absolute Gasteiger partial charge is 0.447 e. The van der Waals surface area contributed by atoms with Crippen molar-refractivity contribution in [3.05, 3.63) is 48.0 Å². The van der Waals surface area contributed by atoms with Gasteiger partial charge in [0.25, 0.3) is 0 Å². The van der Waals surface area contributed by atoms with Crippen molar-refractivity contribution in [2.75, 3.05) is 19.8 Å². The van der Waals surface area contributed by atoms with Gasteiger partial charge < -0.3 is 19.3 Å². The third kappa shape index (κ3) is 9.48. The number of amides is 1. The van der Waals surface area contributed by atoms with Gasteiger partial charge in [0, 0.05) is 19.8 Å². The zero-order chi connectivity index (χ0) is 23.1. The Bertz CT molecular complexity index is 689. The first-order valence-electron chi connectivity index (χ1n) is 12.8. The van der Waals surface area contributed by atoms with Crippen LogP contribution in [0.4, 0.5) is 4.79 Å². The van der Waals surface area contributed by atoms with Crippen LogP contribution >= 0.6 is 0 Å². The predicted octanol–water partition coefficient (Wildman–Crippen LogP) is 5.59. The lowest BCUT2D eigenvalue weighted by Crippen LogP contribution is -2.40. The van der Waals surface area contributed by atoms with Crippen molar-refractivity contribution in [3.8, 4) is 0 Å². The molecule has 0 bridgehead atoms. The van der Waals surface area contributed by atoms with Gasteiger partial charge in [-0.05, 0) is 44.1 Å². The second-order valence-corrected chi connectivity index (χ2v) is 9.11. The van der Waals surface area contributed by atoms with Crippen molar-refractivity contribution in [2.24, 2.45) is 0 Å². The minimum Gasteiger partial charge on any atom is -0.447 e. The summed E-state index contributed by atoms with van der Waals surface area (Å²) in [5, 5.41) is 10.6. The van der Waals surface area contributed by atoms with E-state index >= 15 is 0 Å². The molecule has 0 aliphatic carbocycles. The molecule has 3 atom stereocenters. The number of hydrogen-bond donors (Lipinski definition) is 1. The number of ether oxygens (including phenoxy) is 3. The highest BCUT2D eigenvalue weighted by atomic mass is 16.7. The second-order valence-electron chi connectivity index (χ2n) is 9.11. The van der Waals surface area contributed by atoms with Crippen molar-refractivity contribution in [2.45, 2.75) is 95.6 Å². The Balaban J connectivity index is 1.19. The fraction of sp³-hybridized carbons (Fsp3) is 0.667. The molecule has 3 rings (SSSR count). The number of aliphatic hydroxyl groups excluding tert-OH is 1. The van der Waals surface area contributed by atoms with E-state index in [2.05, 4.69) is 0 Å². The number of nitrogens with zero attached hydrogens (tertiary/aromatic N) is 1. The predicted molar refractivity (Wildman–Crippen MR) is 129 cm³/mol. The smallest absolute Gasteiger partial charge is 0.410 e. The number of hydrogen-bond acceptors (Lipinski definition) is 5. The summed E-state index contributed by atoms with van der Waals surface area (Å²) in [6, 6.07) is 9.47. The Hall–Kier alpha value is -1.89. The first kappa shape index (κ1) is 25.7. The molecule has 1 aromatic rings. The van der Waals surface area contributed by atoms with E-state index < -0.39 is 6.10 Å². The molecule has 1 unspecified atom stereocenters. The van der Waals surface area contributed by atoms with Crippen LogP contribution in [0.1, 0.15) is 76.2 Å². The maximum atomic E-state index is 12.1. The molecule has 2 aliphatic rings. The highest BCUT2D eigenvalue weighted by molar-refractivity contribution is 5.70. The summed E-state index contributed by atoms with van der Waals surface area (Å²) in [4.78, 5) is 13.7. The Morgan fingerprint density at radius 2 is 1.82 bits per heavy atom. The molecule has 2 fully saturated rings. The average Bonchev–Trinajstić information content (AvgIpc) is 3.21. The highest BCUT2D eigenvalue weighted by Gasteiger charge is 2.36. The molecule has 33 heavy (non-hydrogen) atoms. The molecule has 1 amide bonds. The van der Waals surface area contributed by atoms with Gasteiger partial charge in [-0.1, -0.05) is 74.6 Å². The van der Waals surface area contributed by atoms with Crippen LogP contribution in [0.15, 0.2) is 42.5 Å². The van der Waals surface area contributed by atoms with Gasteiger partial charge >= 0.3 is 6.09 Å². The van der Waals surface area contributed by atoms with E-state index in [1.165, 1.54) is 44.9 Å². The summed E-state index contributed by atoms with van der Waals surface area (Å²) in [6.07, 6.45) is 15.7. The average molecular weight is 460 g/mol. The summed E-state index contributed by atoms with van der Waals surface area (Å²) < 4.78 is 16.5. The molecule has 0 aromatic heterocycles. The van der Waals surface area contributed by atoms with E-state index in [9.17, 15) is 9.90 Å². The minimum atomic E-state index is -0.707. The maximum Gasteiger partial charge on any atom is 0.410 e. The fourth-order valence-corrected chi connectivity index (χ4v) is 4.38. The third-order valence-electron chi connectivity index (χ3n) is 6.39. The van der Waals surface area contributed by atoms with E-state index in [-0.39, 0.29) is 25.0 Å². The van der Waals surface area contributed by atoms with Crippen LogP contribution in [-0.4, -0.2) is 54.4 Å². The number of cyclic esters (lactones) is 1. The molecular formula is C27H41NO5. The highest BCUT2D eigenvalue weighted by Crippen LogP contribution is 2.20. The van der Waals surface area contributed by atoms with Crippen molar-refractivity contribution in [1.29, 1.82) is 0 Å². The first-order valence-corrected chi connectivity index (χ1v) is 12.8. The van der Waals surface area contributed by atoms with Crippen LogP contribution in [0.2, 0.25) is 0 Å². The Morgan fingerprint density at radius 3 is 2.58 bits per heavy atom. The maximum absolute atomic E-state index is 12.1. The van der Waals surface area contributed by atoms with Crippen molar-refractivity contribution >= 4 is 6.09 Å². The van der Waals surface area contributed by atoms with E-state index in [0.29, 0.717) is 6.54 Å². The number of rotatable bonds is 15. The number of carbonyl (C=O) groups excluding carboxylic acids is 1. The molecule has 6 heteroatoms. The molecule has 2 aliphatic heterocycles. The van der Waals surface area contributed by atoms with Crippen LogP contribution in [0.5, 0.6) is 0 Å². The molecule has 184 valence electrons. The van der Waals surface area contributed by atoms with Crippen LogP contribution < -0.4 is 0 Å². The normalized spacial score (nSPS) is 22.1. The van der Waals surface area contributed by atoms with E-state index in [0.717, 1.165) is 44.5 Å². The van der Waals surface area contributed by atoms with Crippen LogP contribution in [0, 0.1) is 0 Å². The van der Waals surface area contributed by atoms with Crippen molar-refractivity contribution in [1.82, 2.24) is 4.90 Å². The Morgan fingerprint density at radius 1 is 1.06 bits per heavy atom. The molecule has 0 radical (unpaired) electrons. The van der Waals surface area contributed by atoms with Gasteiger partial charge in [0.2, 0.25) is 0 Å². The summed E-state index contributed by atoms with van der Waals surface area (Å²) in [6.45, 7) is 2.35. The zero-order valence-corrected chi connectivity index (χ0v) is 19.9. The number of unbranched alkanes of at least 4 members (excludes halogenated alkanes) is 7. The summed E-state index contributed by atoms with van der Waals surface area (Å²) >= 11 is 0. The standard InChI is InChI=1S/C27H41NO5/c29-25(24-22-33-27(30)28(24)21-23-15-9-8-10-16-23)17-11-6-4-2-1-3-5-7-13-19-31-26-18-12-14-20-32-26/h8-11,15-17,24-26,29H,1-7,12-14,18-22H2/b17-11+/t24-,25+,26?/m0/s1. The van der Waals surface area contributed by atoms with Gasteiger partial charge in [0.05, 0.1) is 12.1 Å². The number of allylic oxidation sites excluding steroid dienone is 1. The topological polar surface area (TPSA) is 68.2 Å². The van der Waals surface area contributed by atoms with Gasteiger partial charge in [-0.15, -0.1) is 0 Å². The van der Waals surface area contributed by atoms with Gasteiger partial charge in [0.1, 0.15) is 6.61 Å². The van der Waals surface area contributed by atoms with Gasteiger partial charge in [0.15, 0.2) is 6.29 Å². The van der Waals surface area contributed by atoms with E-state index in [4.69, 9.17) is 14.2 Å². The van der Waals surface area contributed by atoms with E-state index in [1.54, 1.807) is 4.90 Å². The fourth-order valence-electron chi connectivity index (χ4n) is 4.38. The Kier molecular flexibility index (Phi) is 11.8. The van der Waals surface area contributed by atoms with Gasteiger partial charge in [-0.25, -0.2) is 4.79 Å². The van der Waals surface area contributed by atoms with Crippen LogP contribution in [0.25, 0.3) is 0 Å². The van der Waals surface area contributed by atoms with Gasteiger partial charge in [-0.2, -0.15) is 0 Å². The lowest BCUT2D eigenvalue weighted by molar-refractivity contribution is -0.162. The monoisotopic (exact) mass is 459 g/mol. The SMILES string of the molecule is O=C1OC[C@@H]([C@H](O)/C=C/CCCCCCCCCOC2CCCCO2)N1Cc1ccccc1. The van der Waals surface area contributed by atoms with Crippen molar-refractivity contribution in [3.63, 3.8) is 0 Å². The second kappa shape index (κ2) is 15.1. The van der Waals surface area contributed by atoms with Crippen molar-refractivity contribution < 1.29 is 24.1 Å². The van der Waals surface area contributed by atoms with E-state index in [1.807, 2.05) is 42.5 Å². The minimum absolute atomic E-state index is 0.0407. The Labute approximate surface area is 198 Å². The molecular weight excluding hydrogens is 418 g/mol. The number of carbonyl (C=O) groups is 1. The number of benzene rings is 1. The first-order chi connectivity index (χ1) is 16.2. The lowest BCUT2D eigenvalue weighted by Gasteiger charge is -2.24. The number of aliphatic hydroxyl groups is 1. The molecule has 0 spiro atoms. The van der Waals surface area contributed by atoms with Gasteiger partial charge in [-0.3, -0.25) is 4.90 Å². The molecule has 1 N–H and O–H groups in total. The molecule has 0 saturated carbocycles. The molecule has 2 heterocycles. The lowest BCUT2D eigenvalue weighted by atomic mass is 10.1. The quantitative estimate of drug-likeness (QED) is 0.274. The summed E-state index contributed by atoms with van der Waals surface area (Å²) in [7, 11) is 0. The summed E-state index contributed by atoms with van der Waals surface area (Å²) in [5.41, 5.74) is 1.03. The molecule has 2 saturated heterocycles. The third-order valence-corrected chi connectivity index (χ3v) is 6.39. The summed E-state index contributed by atoms with van der Waals surface area (Å²) in [5.74, 6) is 0. The van der Waals surface area contributed by atoms with Crippen LogP contribution in [0.3, 0.4) is 0 Å².